The Morgan fingerprint density at radius 3 is 2.85 bits per heavy atom. The fraction of sp³-hybridized carbons (Fsp3) is 0.364. The van der Waals surface area contributed by atoms with Crippen LogP contribution in [0.5, 0.6) is 0 Å². The standard InChI is InChI=1S/C22H23N3O/c26-22-19-10-11-25(14-20(19)23-21(24-22)12-15-8-9-15)13-17-6-3-5-16-4-1-2-7-18(16)17/h1-7,15H,8-14H2,(H,23,24,26). The van der Waals surface area contributed by atoms with Crippen LogP contribution in [0.15, 0.2) is 47.3 Å². The molecule has 2 heterocycles. The van der Waals surface area contributed by atoms with Gasteiger partial charge in [0.05, 0.1) is 5.69 Å². The molecule has 2 aliphatic rings. The maximum atomic E-state index is 12.4. The predicted octanol–water partition coefficient (Wildman–Crippen LogP) is 3.43. The first kappa shape index (κ1) is 15.8. The normalized spacial score (nSPS) is 17.4. The molecule has 26 heavy (non-hydrogen) atoms. The van der Waals surface area contributed by atoms with Crippen molar-refractivity contribution in [2.24, 2.45) is 5.92 Å². The molecular formula is C22H23N3O. The first-order valence-electron chi connectivity index (χ1n) is 9.56. The van der Waals surface area contributed by atoms with Gasteiger partial charge in [0.1, 0.15) is 5.82 Å². The molecule has 1 N–H and O–H groups in total. The molecule has 2 aromatic carbocycles. The molecule has 0 amide bonds. The first-order chi connectivity index (χ1) is 12.8. The van der Waals surface area contributed by atoms with E-state index in [1.165, 1.54) is 29.2 Å². The van der Waals surface area contributed by atoms with E-state index in [1.54, 1.807) is 0 Å². The van der Waals surface area contributed by atoms with Crippen LogP contribution < -0.4 is 5.56 Å². The van der Waals surface area contributed by atoms with E-state index >= 15 is 0 Å². The summed E-state index contributed by atoms with van der Waals surface area (Å²) in [6.07, 6.45) is 4.25. The fourth-order valence-electron chi connectivity index (χ4n) is 4.04. The molecule has 0 spiro atoms. The lowest BCUT2D eigenvalue weighted by molar-refractivity contribution is 0.241. The highest BCUT2D eigenvalue weighted by Crippen LogP contribution is 2.31. The maximum Gasteiger partial charge on any atom is 0.254 e. The monoisotopic (exact) mass is 345 g/mol. The van der Waals surface area contributed by atoms with E-state index in [0.717, 1.165) is 55.5 Å². The summed E-state index contributed by atoms with van der Waals surface area (Å²) in [4.78, 5) is 22.6. The summed E-state index contributed by atoms with van der Waals surface area (Å²) in [6, 6.07) is 15.0. The molecule has 1 saturated carbocycles. The van der Waals surface area contributed by atoms with E-state index in [0.29, 0.717) is 0 Å². The second kappa shape index (κ2) is 6.36. The minimum Gasteiger partial charge on any atom is -0.310 e. The summed E-state index contributed by atoms with van der Waals surface area (Å²) < 4.78 is 0. The number of rotatable bonds is 4. The van der Waals surface area contributed by atoms with E-state index in [2.05, 4.69) is 52.3 Å². The minimum atomic E-state index is 0.0791. The summed E-state index contributed by atoms with van der Waals surface area (Å²) in [5, 5.41) is 2.60. The molecule has 5 rings (SSSR count). The SMILES string of the molecule is O=c1[nH]c(CC2CC2)nc2c1CCN(Cc1cccc3ccccc13)C2. The van der Waals surface area contributed by atoms with Crippen LogP contribution in [0.2, 0.25) is 0 Å². The zero-order valence-corrected chi connectivity index (χ0v) is 14.9. The Morgan fingerprint density at radius 2 is 1.96 bits per heavy atom. The van der Waals surface area contributed by atoms with Gasteiger partial charge >= 0.3 is 0 Å². The molecule has 1 fully saturated rings. The van der Waals surface area contributed by atoms with Gasteiger partial charge in [0.15, 0.2) is 0 Å². The topological polar surface area (TPSA) is 49.0 Å². The van der Waals surface area contributed by atoms with Gasteiger partial charge in [0.25, 0.3) is 5.56 Å². The highest BCUT2D eigenvalue weighted by molar-refractivity contribution is 5.85. The van der Waals surface area contributed by atoms with Crippen LogP contribution in [0.3, 0.4) is 0 Å². The Balaban J connectivity index is 1.41. The molecule has 132 valence electrons. The summed E-state index contributed by atoms with van der Waals surface area (Å²) in [7, 11) is 0. The lowest BCUT2D eigenvalue weighted by Crippen LogP contribution is -2.35. The quantitative estimate of drug-likeness (QED) is 0.788. The Labute approximate surface area is 152 Å². The van der Waals surface area contributed by atoms with Gasteiger partial charge in [0, 0.05) is 31.6 Å². The van der Waals surface area contributed by atoms with Crippen molar-refractivity contribution in [3.05, 3.63) is 75.5 Å². The van der Waals surface area contributed by atoms with Crippen LogP contribution >= 0.6 is 0 Å². The van der Waals surface area contributed by atoms with E-state index in [9.17, 15) is 4.79 Å². The van der Waals surface area contributed by atoms with Crippen molar-refractivity contribution in [2.45, 2.75) is 38.8 Å². The molecule has 0 atom stereocenters. The van der Waals surface area contributed by atoms with Gasteiger partial charge in [0.2, 0.25) is 0 Å². The van der Waals surface area contributed by atoms with Crippen LogP contribution in [-0.4, -0.2) is 21.4 Å². The number of nitrogens with one attached hydrogen (secondary N) is 1. The molecule has 3 aromatic rings. The number of hydrogen-bond acceptors (Lipinski definition) is 3. The van der Waals surface area contributed by atoms with E-state index in [-0.39, 0.29) is 5.56 Å². The van der Waals surface area contributed by atoms with E-state index in [4.69, 9.17) is 4.98 Å². The predicted molar refractivity (Wildman–Crippen MR) is 103 cm³/mol. The zero-order chi connectivity index (χ0) is 17.5. The number of aromatic nitrogens is 2. The maximum absolute atomic E-state index is 12.4. The Bertz CT molecular complexity index is 1010. The van der Waals surface area contributed by atoms with Gasteiger partial charge in [-0.1, -0.05) is 42.5 Å². The van der Waals surface area contributed by atoms with Crippen LogP contribution in [0.1, 0.15) is 35.5 Å². The third kappa shape index (κ3) is 3.06. The first-order valence-corrected chi connectivity index (χ1v) is 9.56. The van der Waals surface area contributed by atoms with Crippen molar-refractivity contribution in [2.75, 3.05) is 6.54 Å². The number of hydrogen-bond donors (Lipinski definition) is 1. The number of nitrogens with zero attached hydrogens (tertiary/aromatic N) is 2. The molecule has 0 saturated heterocycles. The molecule has 4 heteroatoms. The molecular weight excluding hydrogens is 322 g/mol. The Kier molecular flexibility index (Phi) is 3.86. The number of benzene rings is 2. The van der Waals surface area contributed by atoms with Crippen LogP contribution in [-0.2, 0) is 25.9 Å². The number of fused-ring (bicyclic) bond motifs is 2. The van der Waals surface area contributed by atoms with Crippen molar-refractivity contribution < 1.29 is 0 Å². The van der Waals surface area contributed by atoms with Crippen molar-refractivity contribution in [3.63, 3.8) is 0 Å². The highest BCUT2D eigenvalue weighted by Gasteiger charge is 2.25. The van der Waals surface area contributed by atoms with Gasteiger partial charge in [-0.05, 0) is 41.5 Å². The van der Waals surface area contributed by atoms with Gasteiger partial charge in [-0.2, -0.15) is 0 Å². The van der Waals surface area contributed by atoms with Crippen LogP contribution in [0, 0.1) is 5.92 Å². The average molecular weight is 345 g/mol. The van der Waals surface area contributed by atoms with Gasteiger partial charge in [-0.15, -0.1) is 0 Å². The second-order valence-electron chi connectivity index (χ2n) is 7.68. The largest absolute Gasteiger partial charge is 0.310 e. The number of aromatic amines is 1. The smallest absolute Gasteiger partial charge is 0.254 e. The third-order valence-corrected chi connectivity index (χ3v) is 5.65. The molecule has 0 radical (unpaired) electrons. The molecule has 1 aliphatic carbocycles. The Hall–Kier alpha value is -2.46. The molecule has 4 nitrogen and oxygen atoms in total. The van der Waals surface area contributed by atoms with E-state index < -0.39 is 0 Å². The van der Waals surface area contributed by atoms with Crippen molar-refractivity contribution in [1.29, 1.82) is 0 Å². The van der Waals surface area contributed by atoms with Crippen LogP contribution in [0.25, 0.3) is 10.8 Å². The fourth-order valence-corrected chi connectivity index (χ4v) is 4.04. The second-order valence-corrected chi connectivity index (χ2v) is 7.68. The van der Waals surface area contributed by atoms with E-state index in [1.807, 2.05) is 0 Å². The van der Waals surface area contributed by atoms with Gasteiger partial charge in [-0.25, -0.2) is 4.98 Å². The van der Waals surface area contributed by atoms with Crippen molar-refractivity contribution in [3.8, 4) is 0 Å². The molecule has 1 aromatic heterocycles. The molecule has 1 aliphatic heterocycles. The summed E-state index contributed by atoms with van der Waals surface area (Å²) in [6.45, 7) is 2.57. The molecule has 0 unspecified atom stereocenters. The highest BCUT2D eigenvalue weighted by atomic mass is 16.1. The lowest BCUT2D eigenvalue weighted by Gasteiger charge is -2.28. The van der Waals surface area contributed by atoms with Crippen molar-refractivity contribution >= 4 is 10.8 Å². The van der Waals surface area contributed by atoms with Gasteiger partial charge in [-0.3, -0.25) is 9.69 Å². The summed E-state index contributed by atoms with van der Waals surface area (Å²) in [5.74, 6) is 1.61. The van der Waals surface area contributed by atoms with Gasteiger partial charge < -0.3 is 4.98 Å². The lowest BCUT2D eigenvalue weighted by atomic mass is 10.0. The van der Waals surface area contributed by atoms with Crippen molar-refractivity contribution in [1.82, 2.24) is 14.9 Å². The summed E-state index contributed by atoms with van der Waals surface area (Å²) >= 11 is 0. The summed E-state index contributed by atoms with van der Waals surface area (Å²) in [5.41, 5.74) is 3.29. The van der Waals surface area contributed by atoms with Crippen LogP contribution in [0.4, 0.5) is 0 Å². The zero-order valence-electron chi connectivity index (χ0n) is 14.9. The minimum absolute atomic E-state index is 0.0791. The number of H-pyrrole nitrogens is 1. The molecule has 0 bridgehead atoms. The average Bonchev–Trinajstić information content (AvgIpc) is 3.46. The Morgan fingerprint density at radius 1 is 1.12 bits per heavy atom. The third-order valence-electron chi connectivity index (χ3n) is 5.65.